The molecule has 3 unspecified atom stereocenters. The number of aldehydes is 1. The van der Waals surface area contributed by atoms with Crippen LogP contribution in [0.15, 0.2) is 0 Å². The third-order valence-electron chi connectivity index (χ3n) is 2.59. The first-order chi connectivity index (χ1) is 6.60. The van der Waals surface area contributed by atoms with Crippen LogP contribution >= 0.6 is 0 Å². The molecule has 80 valence electrons. The first kappa shape index (κ1) is 11.3. The second-order valence-electron chi connectivity index (χ2n) is 3.76. The minimum Gasteiger partial charge on any atom is -0.395 e. The first-order valence-electron chi connectivity index (χ1n) is 4.66. The van der Waals surface area contributed by atoms with Crippen molar-refractivity contribution in [2.24, 2.45) is 0 Å². The van der Waals surface area contributed by atoms with Gasteiger partial charge >= 0.3 is 0 Å². The highest BCUT2D eigenvalue weighted by Gasteiger charge is 2.35. The van der Waals surface area contributed by atoms with Gasteiger partial charge in [-0.05, 0) is 14.0 Å². The van der Waals surface area contributed by atoms with Crippen LogP contribution in [0.1, 0.15) is 6.92 Å². The van der Waals surface area contributed by atoms with Crippen LogP contribution in [-0.2, 0) is 9.59 Å². The normalized spacial score (nSPS) is 34.1. The molecule has 0 saturated carbocycles. The minimum absolute atomic E-state index is 0.125. The highest BCUT2D eigenvalue weighted by molar-refractivity contribution is 6.27. The van der Waals surface area contributed by atoms with Gasteiger partial charge in [-0.1, -0.05) is 0 Å². The quantitative estimate of drug-likeness (QED) is 0.424. The lowest BCUT2D eigenvalue weighted by Gasteiger charge is -2.40. The van der Waals surface area contributed by atoms with Gasteiger partial charge in [-0.15, -0.1) is 0 Å². The van der Waals surface area contributed by atoms with Gasteiger partial charge in [0.15, 0.2) is 6.29 Å². The van der Waals surface area contributed by atoms with Gasteiger partial charge in [-0.25, -0.2) is 0 Å². The Bertz CT molecular complexity index is 232. The summed E-state index contributed by atoms with van der Waals surface area (Å²) >= 11 is 0. The molecule has 1 fully saturated rings. The van der Waals surface area contributed by atoms with Crippen molar-refractivity contribution in [1.82, 2.24) is 10.2 Å². The fraction of sp³-hybridized carbons (Fsp3) is 0.778. The van der Waals surface area contributed by atoms with Crippen LogP contribution in [0.4, 0.5) is 0 Å². The molecule has 1 aliphatic rings. The van der Waals surface area contributed by atoms with Gasteiger partial charge in [0.05, 0.1) is 18.7 Å². The summed E-state index contributed by atoms with van der Waals surface area (Å²) in [7, 11) is 1.84. The number of aliphatic hydroxyl groups excluding tert-OH is 1. The highest BCUT2D eigenvalue weighted by atomic mass is 16.3. The van der Waals surface area contributed by atoms with E-state index in [1.54, 1.807) is 0 Å². The van der Waals surface area contributed by atoms with Gasteiger partial charge in [-0.3, -0.25) is 14.5 Å². The number of nitrogens with zero attached hydrogens (tertiary/aromatic N) is 1. The number of Topliss-reactive ketones (excluding diaryl/α,β-unsaturated/α-hetero) is 1. The summed E-state index contributed by atoms with van der Waals surface area (Å²) in [6.45, 7) is 2.57. The summed E-state index contributed by atoms with van der Waals surface area (Å²) in [5.41, 5.74) is 0. The van der Waals surface area contributed by atoms with Gasteiger partial charge in [0, 0.05) is 12.6 Å². The summed E-state index contributed by atoms with van der Waals surface area (Å²) in [6, 6.07) is -0.730. The van der Waals surface area contributed by atoms with Crippen LogP contribution < -0.4 is 5.32 Å². The molecule has 2 N–H and O–H groups in total. The fourth-order valence-electron chi connectivity index (χ4n) is 1.88. The van der Waals surface area contributed by atoms with Crippen molar-refractivity contribution in [2.75, 3.05) is 20.2 Å². The van der Waals surface area contributed by atoms with E-state index in [2.05, 4.69) is 5.32 Å². The lowest BCUT2D eigenvalue weighted by molar-refractivity contribution is -0.133. The fourth-order valence-corrected chi connectivity index (χ4v) is 1.88. The van der Waals surface area contributed by atoms with E-state index in [1.807, 2.05) is 18.9 Å². The van der Waals surface area contributed by atoms with E-state index in [1.165, 1.54) is 0 Å². The average Bonchev–Trinajstić information content (AvgIpc) is 2.15. The smallest absolute Gasteiger partial charge is 0.213 e. The molecule has 5 nitrogen and oxygen atoms in total. The number of carbonyl (C=O) groups excluding carboxylic acids is 2. The Morgan fingerprint density at radius 1 is 1.71 bits per heavy atom. The number of piperazine rings is 1. The number of nitrogens with one attached hydrogen (secondary N) is 1. The first-order valence-corrected chi connectivity index (χ1v) is 4.66. The highest BCUT2D eigenvalue weighted by Crippen LogP contribution is 2.10. The van der Waals surface area contributed by atoms with Crippen molar-refractivity contribution < 1.29 is 14.7 Å². The molecule has 0 aromatic rings. The maximum atomic E-state index is 11.3. The SMILES string of the molecule is CC1CN(C)C(CO)C(C(=O)C=O)N1. The molecule has 0 aliphatic carbocycles. The lowest BCUT2D eigenvalue weighted by atomic mass is 9.98. The van der Waals surface area contributed by atoms with Crippen molar-refractivity contribution in [3.05, 3.63) is 0 Å². The molecule has 1 saturated heterocycles. The van der Waals surface area contributed by atoms with Crippen molar-refractivity contribution >= 4 is 12.1 Å². The van der Waals surface area contributed by atoms with Crippen molar-refractivity contribution in [1.29, 1.82) is 0 Å². The Morgan fingerprint density at radius 2 is 2.36 bits per heavy atom. The van der Waals surface area contributed by atoms with Crippen LogP contribution in [0.3, 0.4) is 0 Å². The summed E-state index contributed by atoms with van der Waals surface area (Å²) in [4.78, 5) is 23.5. The zero-order chi connectivity index (χ0) is 10.7. The number of ketones is 1. The predicted molar refractivity (Wildman–Crippen MR) is 51.0 cm³/mol. The average molecular weight is 200 g/mol. The van der Waals surface area contributed by atoms with Gasteiger partial charge in [0.1, 0.15) is 0 Å². The zero-order valence-corrected chi connectivity index (χ0v) is 8.43. The number of aliphatic hydroxyl groups is 1. The van der Waals surface area contributed by atoms with E-state index in [0.717, 1.165) is 6.54 Å². The van der Waals surface area contributed by atoms with Crippen molar-refractivity contribution in [3.63, 3.8) is 0 Å². The van der Waals surface area contributed by atoms with E-state index < -0.39 is 11.8 Å². The van der Waals surface area contributed by atoms with Gasteiger partial charge < -0.3 is 10.4 Å². The van der Waals surface area contributed by atoms with E-state index in [4.69, 9.17) is 5.11 Å². The van der Waals surface area contributed by atoms with Gasteiger partial charge in [0.2, 0.25) is 5.78 Å². The van der Waals surface area contributed by atoms with Gasteiger partial charge in [-0.2, -0.15) is 0 Å². The molecule has 14 heavy (non-hydrogen) atoms. The maximum absolute atomic E-state index is 11.3. The Hall–Kier alpha value is -0.780. The Balaban J connectivity index is 2.77. The number of carbonyl (C=O) groups is 2. The number of hydrogen-bond acceptors (Lipinski definition) is 5. The number of hydrogen-bond donors (Lipinski definition) is 2. The van der Waals surface area contributed by atoms with Crippen LogP contribution in [-0.4, -0.2) is 60.4 Å². The van der Waals surface area contributed by atoms with E-state index in [-0.39, 0.29) is 18.7 Å². The molecule has 1 aliphatic heterocycles. The van der Waals surface area contributed by atoms with Crippen molar-refractivity contribution in [2.45, 2.75) is 25.0 Å². The second-order valence-corrected chi connectivity index (χ2v) is 3.76. The summed E-state index contributed by atoms with van der Waals surface area (Å²) in [6.07, 6.45) is 0.312. The Morgan fingerprint density at radius 3 is 2.86 bits per heavy atom. The topological polar surface area (TPSA) is 69.6 Å². The minimum atomic E-state index is -0.578. The molecular formula is C9H16N2O3. The van der Waals surface area contributed by atoms with E-state index in [9.17, 15) is 9.59 Å². The molecule has 5 heteroatoms. The molecule has 0 spiro atoms. The molecule has 0 radical (unpaired) electrons. The summed E-state index contributed by atoms with van der Waals surface area (Å²) in [5.74, 6) is -0.498. The summed E-state index contributed by atoms with van der Waals surface area (Å²) in [5, 5.41) is 12.1. The molecule has 0 bridgehead atoms. The molecular weight excluding hydrogens is 184 g/mol. The molecule has 0 aromatic heterocycles. The lowest BCUT2D eigenvalue weighted by Crippen LogP contribution is -2.64. The molecule has 3 atom stereocenters. The third kappa shape index (κ3) is 2.17. The zero-order valence-electron chi connectivity index (χ0n) is 8.43. The van der Waals surface area contributed by atoms with Crippen LogP contribution in [0.25, 0.3) is 0 Å². The monoisotopic (exact) mass is 200 g/mol. The predicted octanol–water partition coefficient (Wildman–Crippen LogP) is -1.59. The van der Waals surface area contributed by atoms with E-state index in [0.29, 0.717) is 6.29 Å². The van der Waals surface area contributed by atoms with Crippen molar-refractivity contribution in [3.8, 4) is 0 Å². The molecule has 0 amide bonds. The van der Waals surface area contributed by atoms with E-state index >= 15 is 0 Å². The molecule has 0 aromatic carbocycles. The molecule has 1 heterocycles. The number of likely N-dealkylation sites (N-methyl/N-ethyl adjacent to an activating group) is 1. The Kier molecular flexibility index (Phi) is 3.74. The third-order valence-corrected chi connectivity index (χ3v) is 2.59. The second kappa shape index (κ2) is 4.63. The molecule has 1 rings (SSSR count). The van der Waals surface area contributed by atoms with Crippen LogP contribution in [0.2, 0.25) is 0 Å². The van der Waals surface area contributed by atoms with Crippen LogP contribution in [0, 0.1) is 0 Å². The Labute approximate surface area is 83.1 Å². The standard InChI is InChI=1S/C9H16N2O3/c1-6-3-11(2)7(4-12)9(10-6)8(14)5-13/h5-7,9-10,12H,3-4H2,1-2H3. The van der Waals surface area contributed by atoms with Gasteiger partial charge in [0.25, 0.3) is 0 Å². The number of rotatable bonds is 3. The largest absolute Gasteiger partial charge is 0.395 e. The summed E-state index contributed by atoms with van der Waals surface area (Å²) < 4.78 is 0. The maximum Gasteiger partial charge on any atom is 0.213 e. The van der Waals surface area contributed by atoms with Crippen LogP contribution in [0.5, 0.6) is 0 Å².